The number of rotatable bonds is 6. The Morgan fingerprint density at radius 2 is 1.92 bits per heavy atom. The van der Waals surface area contributed by atoms with Crippen molar-refractivity contribution in [1.29, 1.82) is 0 Å². The van der Waals surface area contributed by atoms with Gasteiger partial charge in [0.05, 0.1) is 0 Å². The van der Waals surface area contributed by atoms with Crippen molar-refractivity contribution in [1.82, 2.24) is 4.90 Å². The zero-order valence-electron chi connectivity index (χ0n) is 7.82. The van der Waals surface area contributed by atoms with Crippen LogP contribution in [0, 0.1) is 0 Å². The summed E-state index contributed by atoms with van der Waals surface area (Å²) in [6.07, 6.45) is 1.43. The highest BCUT2D eigenvalue weighted by Gasteiger charge is 2.19. The van der Waals surface area contributed by atoms with Gasteiger partial charge in [0, 0.05) is 6.42 Å². The number of hydrogen-bond donors (Lipinski definition) is 0. The first kappa shape index (κ1) is 12.2. The molecule has 4 heteroatoms. The largest absolute Gasteiger partial charge is 0.307 e. The number of halogens is 2. The van der Waals surface area contributed by atoms with Gasteiger partial charge in [-0.05, 0) is 33.0 Å². The molecule has 0 aromatic carbocycles. The molecule has 1 nitrogen and oxygen atoms in total. The van der Waals surface area contributed by atoms with Crippen molar-refractivity contribution in [3.05, 3.63) is 0 Å². The summed E-state index contributed by atoms with van der Waals surface area (Å²) >= 11 is 0. The number of alkyl halides is 2. The summed E-state index contributed by atoms with van der Waals surface area (Å²) in [5, 5.41) is 0. The second-order valence-corrected chi connectivity index (χ2v) is 3.96. The van der Waals surface area contributed by atoms with E-state index in [1.165, 1.54) is 0 Å². The molecule has 0 aromatic heterocycles. The van der Waals surface area contributed by atoms with Crippen molar-refractivity contribution < 1.29 is 8.78 Å². The van der Waals surface area contributed by atoms with E-state index < -0.39 is 5.66 Å². The average Bonchev–Trinajstić information content (AvgIpc) is 1.96. The molecule has 0 bridgehead atoms. The van der Waals surface area contributed by atoms with Crippen molar-refractivity contribution in [2.75, 3.05) is 20.1 Å². The average molecular weight is 197 g/mol. The zero-order valence-corrected chi connectivity index (χ0v) is 8.97. The smallest absolute Gasteiger partial charge is 0.259 e. The standard InChI is InChI=1S/C8H18F2NP/c1-3-11(2)7-5-4-6-8(9,10)12/h3-7,12H2,1-2H3. The van der Waals surface area contributed by atoms with Crippen molar-refractivity contribution in [3.63, 3.8) is 0 Å². The molecule has 0 spiro atoms. The molecular weight excluding hydrogens is 179 g/mol. The lowest BCUT2D eigenvalue weighted by Gasteiger charge is -2.14. The van der Waals surface area contributed by atoms with Gasteiger partial charge in [0.15, 0.2) is 0 Å². The Hall–Kier alpha value is 0.250. The van der Waals surface area contributed by atoms with Crippen LogP contribution in [0.15, 0.2) is 0 Å². The van der Waals surface area contributed by atoms with Crippen molar-refractivity contribution in [2.45, 2.75) is 31.8 Å². The topological polar surface area (TPSA) is 3.24 Å². The fourth-order valence-corrected chi connectivity index (χ4v) is 1.10. The Morgan fingerprint density at radius 1 is 1.33 bits per heavy atom. The van der Waals surface area contributed by atoms with E-state index in [0.29, 0.717) is 6.42 Å². The van der Waals surface area contributed by atoms with E-state index in [4.69, 9.17) is 0 Å². The Bertz CT molecular complexity index is 114. The summed E-state index contributed by atoms with van der Waals surface area (Å²) in [7, 11) is 3.57. The molecular formula is C8H18F2NP. The first-order valence-corrected chi connectivity index (χ1v) is 4.88. The Morgan fingerprint density at radius 3 is 2.33 bits per heavy atom. The molecule has 1 unspecified atom stereocenters. The third kappa shape index (κ3) is 8.35. The molecule has 0 heterocycles. The van der Waals surface area contributed by atoms with E-state index in [-0.39, 0.29) is 6.42 Å². The minimum absolute atomic E-state index is 0.0186. The molecule has 0 aliphatic heterocycles. The minimum Gasteiger partial charge on any atom is -0.307 e. The van der Waals surface area contributed by atoms with E-state index in [9.17, 15) is 8.78 Å². The van der Waals surface area contributed by atoms with Gasteiger partial charge in [-0.25, -0.2) is 8.78 Å². The van der Waals surface area contributed by atoms with Crippen LogP contribution in [0.1, 0.15) is 26.2 Å². The predicted octanol–water partition coefficient (Wildman–Crippen LogP) is 2.58. The van der Waals surface area contributed by atoms with Gasteiger partial charge in [-0.3, -0.25) is 0 Å². The van der Waals surface area contributed by atoms with Crippen LogP contribution in [0.3, 0.4) is 0 Å². The molecule has 0 aliphatic rings. The van der Waals surface area contributed by atoms with Crippen LogP contribution in [0.25, 0.3) is 0 Å². The van der Waals surface area contributed by atoms with Crippen LogP contribution in [-0.2, 0) is 0 Å². The summed E-state index contributed by atoms with van der Waals surface area (Å²) < 4.78 is 24.6. The summed E-state index contributed by atoms with van der Waals surface area (Å²) in [6, 6.07) is 0. The van der Waals surface area contributed by atoms with E-state index in [1.807, 2.05) is 7.05 Å². The third-order valence-electron chi connectivity index (χ3n) is 1.84. The zero-order chi connectivity index (χ0) is 9.61. The highest BCUT2D eigenvalue weighted by atomic mass is 31.0. The molecule has 0 fully saturated rings. The van der Waals surface area contributed by atoms with Crippen molar-refractivity contribution >= 4 is 9.24 Å². The lowest BCUT2D eigenvalue weighted by atomic mass is 10.2. The Balaban J connectivity index is 3.22. The molecule has 0 aromatic rings. The van der Waals surface area contributed by atoms with Gasteiger partial charge in [-0.1, -0.05) is 16.2 Å². The molecule has 0 radical (unpaired) electrons. The number of hydrogen-bond acceptors (Lipinski definition) is 1. The predicted molar refractivity (Wildman–Crippen MR) is 51.7 cm³/mol. The Kier molecular flexibility index (Phi) is 5.94. The molecule has 12 heavy (non-hydrogen) atoms. The first-order valence-electron chi connectivity index (χ1n) is 4.31. The van der Waals surface area contributed by atoms with Crippen LogP contribution in [-0.4, -0.2) is 30.7 Å². The fraction of sp³-hybridized carbons (Fsp3) is 1.00. The highest BCUT2D eigenvalue weighted by Crippen LogP contribution is 2.27. The van der Waals surface area contributed by atoms with E-state index >= 15 is 0 Å². The van der Waals surface area contributed by atoms with E-state index in [0.717, 1.165) is 19.5 Å². The van der Waals surface area contributed by atoms with Crippen LogP contribution < -0.4 is 0 Å². The fourth-order valence-electron chi connectivity index (χ4n) is 0.901. The van der Waals surface area contributed by atoms with Crippen LogP contribution >= 0.6 is 9.24 Å². The molecule has 0 rings (SSSR count). The van der Waals surface area contributed by atoms with Crippen molar-refractivity contribution in [3.8, 4) is 0 Å². The molecule has 1 atom stereocenters. The maximum Gasteiger partial charge on any atom is 0.259 e. The van der Waals surface area contributed by atoms with Gasteiger partial charge in [0.2, 0.25) is 0 Å². The monoisotopic (exact) mass is 197 g/mol. The van der Waals surface area contributed by atoms with Gasteiger partial charge < -0.3 is 4.90 Å². The van der Waals surface area contributed by atoms with Crippen molar-refractivity contribution in [2.24, 2.45) is 0 Å². The SMILES string of the molecule is CCN(C)CCCCC(F)(F)P. The van der Waals surface area contributed by atoms with Crippen LogP contribution in [0.2, 0.25) is 0 Å². The molecule has 0 amide bonds. The molecule has 0 N–H and O–H groups in total. The number of unbranched alkanes of at least 4 members (excludes halogenated alkanes) is 1. The quantitative estimate of drug-likeness (QED) is 0.467. The second kappa shape index (κ2) is 5.82. The molecule has 0 aliphatic carbocycles. The van der Waals surface area contributed by atoms with E-state index in [1.54, 1.807) is 9.24 Å². The van der Waals surface area contributed by atoms with Gasteiger partial charge in [-0.15, -0.1) is 0 Å². The van der Waals surface area contributed by atoms with Gasteiger partial charge in [0.1, 0.15) is 0 Å². The second-order valence-electron chi connectivity index (χ2n) is 3.11. The van der Waals surface area contributed by atoms with Crippen LogP contribution in [0.5, 0.6) is 0 Å². The highest BCUT2D eigenvalue weighted by molar-refractivity contribution is 7.18. The molecule has 0 saturated carbocycles. The number of nitrogens with zero attached hydrogens (tertiary/aromatic N) is 1. The summed E-state index contributed by atoms with van der Waals surface area (Å²) in [4.78, 5) is 2.13. The Labute approximate surface area is 75.7 Å². The third-order valence-corrected chi connectivity index (χ3v) is 2.13. The van der Waals surface area contributed by atoms with Gasteiger partial charge in [0.25, 0.3) is 5.66 Å². The lowest BCUT2D eigenvalue weighted by molar-refractivity contribution is 0.0902. The maximum absolute atomic E-state index is 12.3. The first-order chi connectivity index (χ1) is 5.45. The normalized spacial score (nSPS) is 12.5. The summed E-state index contributed by atoms with van der Waals surface area (Å²) in [6.45, 7) is 3.96. The van der Waals surface area contributed by atoms with E-state index in [2.05, 4.69) is 11.8 Å². The molecule has 74 valence electrons. The molecule has 0 saturated heterocycles. The van der Waals surface area contributed by atoms with Crippen LogP contribution in [0.4, 0.5) is 8.78 Å². The maximum atomic E-state index is 12.3. The minimum atomic E-state index is -2.56. The summed E-state index contributed by atoms with van der Waals surface area (Å²) in [5.74, 6) is 0. The lowest BCUT2D eigenvalue weighted by Crippen LogP contribution is -2.19. The summed E-state index contributed by atoms with van der Waals surface area (Å²) in [5.41, 5.74) is -2.56. The van der Waals surface area contributed by atoms with Gasteiger partial charge >= 0.3 is 0 Å². The van der Waals surface area contributed by atoms with Gasteiger partial charge in [-0.2, -0.15) is 0 Å².